The summed E-state index contributed by atoms with van der Waals surface area (Å²) in [6.07, 6.45) is 9.22. The molecule has 30 heavy (non-hydrogen) atoms. The largest absolute Gasteiger partial charge is 0.469 e. The van der Waals surface area contributed by atoms with Gasteiger partial charge in [-0.25, -0.2) is 0 Å². The van der Waals surface area contributed by atoms with E-state index in [-0.39, 0.29) is 6.04 Å². The summed E-state index contributed by atoms with van der Waals surface area (Å²) in [6, 6.07) is 8.15. The van der Waals surface area contributed by atoms with Crippen LogP contribution in [0.1, 0.15) is 43.2 Å². The first-order valence-electron chi connectivity index (χ1n) is 11.3. The third-order valence-corrected chi connectivity index (χ3v) is 5.95. The molecule has 2 fully saturated rings. The van der Waals surface area contributed by atoms with Crippen LogP contribution < -0.4 is 10.6 Å². The lowest BCUT2D eigenvalue weighted by Crippen LogP contribution is -2.42. The molecule has 2 saturated heterocycles. The number of nitrogens with zero attached hydrogens (tertiary/aromatic N) is 2. The number of rotatable bonds is 9. The summed E-state index contributed by atoms with van der Waals surface area (Å²) in [5.74, 6) is 3.37. The van der Waals surface area contributed by atoms with Crippen LogP contribution in [0.2, 0.25) is 0 Å². The first-order valence-corrected chi connectivity index (χ1v) is 11.3. The van der Waals surface area contributed by atoms with Crippen molar-refractivity contribution in [3.63, 3.8) is 0 Å². The van der Waals surface area contributed by atoms with Crippen molar-refractivity contribution >= 4 is 5.96 Å². The van der Waals surface area contributed by atoms with Gasteiger partial charge in [0.2, 0.25) is 0 Å². The number of guanidine groups is 1. The van der Waals surface area contributed by atoms with Gasteiger partial charge in [0, 0.05) is 32.0 Å². The molecular weight excluding hydrogens is 380 g/mol. The molecule has 2 unspecified atom stereocenters. The fourth-order valence-electron chi connectivity index (χ4n) is 4.19. The second-order valence-corrected chi connectivity index (χ2v) is 8.18. The van der Waals surface area contributed by atoms with E-state index in [4.69, 9.17) is 18.6 Å². The molecule has 2 aliphatic rings. The Balaban J connectivity index is 1.39. The Morgan fingerprint density at radius 1 is 1.10 bits per heavy atom. The highest BCUT2D eigenvalue weighted by molar-refractivity contribution is 5.79. The molecule has 2 atom stereocenters. The first-order chi connectivity index (χ1) is 14.9. The van der Waals surface area contributed by atoms with Gasteiger partial charge in [-0.2, -0.15) is 0 Å². The van der Waals surface area contributed by atoms with Gasteiger partial charge in [-0.1, -0.05) is 6.42 Å². The summed E-state index contributed by atoms with van der Waals surface area (Å²) in [5, 5.41) is 7.00. The van der Waals surface area contributed by atoms with Crippen LogP contribution in [0.25, 0.3) is 0 Å². The molecule has 0 aromatic carbocycles. The van der Waals surface area contributed by atoms with Gasteiger partial charge in [0.15, 0.2) is 5.96 Å². The number of aliphatic imine (C=N–C) groups is 1. The summed E-state index contributed by atoms with van der Waals surface area (Å²) in [4.78, 5) is 7.47. The molecule has 7 heteroatoms. The molecule has 7 nitrogen and oxygen atoms in total. The molecule has 164 valence electrons. The second kappa shape index (κ2) is 11.2. The molecule has 0 saturated carbocycles. The Morgan fingerprint density at radius 3 is 2.70 bits per heavy atom. The van der Waals surface area contributed by atoms with E-state index >= 15 is 0 Å². The zero-order chi connectivity index (χ0) is 20.4. The fraction of sp³-hybridized carbons (Fsp3) is 0.609. The maximum Gasteiger partial charge on any atom is 0.191 e. The summed E-state index contributed by atoms with van der Waals surface area (Å²) in [5.41, 5.74) is 0. The van der Waals surface area contributed by atoms with E-state index in [2.05, 4.69) is 21.6 Å². The topological polar surface area (TPSA) is 75.2 Å². The first kappa shape index (κ1) is 21.0. The summed E-state index contributed by atoms with van der Waals surface area (Å²) in [6.45, 7) is 6.22. The van der Waals surface area contributed by atoms with E-state index in [1.165, 1.54) is 19.3 Å². The molecule has 0 bridgehead atoms. The van der Waals surface area contributed by atoms with Gasteiger partial charge < -0.3 is 24.2 Å². The number of likely N-dealkylation sites (tertiary alicyclic amines) is 1. The molecule has 2 N–H and O–H groups in total. The van der Waals surface area contributed by atoms with Gasteiger partial charge in [-0.05, 0) is 56.6 Å². The fourth-order valence-corrected chi connectivity index (χ4v) is 4.19. The van der Waals surface area contributed by atoms with Gasteiger partial charge >= 0.3 is 0 Å². The number of hydrogen-bond acceptors (Lipinski definition) is 5. The molecule has 0 aliphatic carbocycles. The van der Waals surface area contributed by atoms with Crippen LogP contribution in [0.15, 0.2) is 50.6 Å². The number of nitrogens with one attached hydrogen (secondary N) is 2. The molecule has 0 radical (unpaired) electrons. The van der Waals surface area contributed by atoms with Gasteiger partial charge in [0.05, 0.1) is 31.7 Å². The second-order valence-electron chi connectivity index (χ2n) is 8.18. The smallest absolute Gasteiger partial charge is 0.191 e. The molecule has 0 amide bonds. The molecule has 2 aromatic heterocycles. The average molecular weight is 415 g/mol. The minimum absolute atomic E-state index is 0.179. The van der Waals surface area contributed by atoms with E-state index in [1.54, 1.807) is 12.5 Å². The quantitative estimate of drug-likeness (QED) is 0.485. The van der Waals surface area contributed by atoms with Gasteiger partial charge in [0.25, 0.3) is 0 Å². The highest BCUT2D eigenvalue weighted by atomic mass is 16.5. The number of piperidine rings is 1. The Hall–Kier alpha value is -2.25. The monoisotopic (exact) mass is 414 g/mol. The van der Waals surface area contributed by atoms with Crippen LogP contribution in [0.4, 0.5) is 0 Å². The van der Waals surface area contributed by atoms with Crippen molar-refractivity contribution in [2.45, 2.75) is 38.1 Å². The van der Waals surface area contributed by atoms with Gasteiger partial charge in [-0.3, -0.25) is 9.89 Å². The van der Waals surface area contributed by atoms with E-state index in [1.807, 2.05) is 18.2 Å². The molecule has 4 heterocycles. The average Bonchev–Trinajstić information content (AvgIpc) is 3.56. The molecule has 4 rings (SSSR count). The molecular formula is C23H34N4O3. The SMILES string of the molecule is c1coc(CCNC(=NCC(c2ccco2)N2CCCCC2)NCC2CCOC2)c1. The summed E-state index contributed by atoms with van der Waals surface area (Å²) < 4.78 is 16.7. The van der Waals surface area contributed by atoms with E-state index in [0.29, 0.717) is 12.5 Å². The zero-order valence-electron chi connectivity index (χ0n) is 17.7. The Labute approximate surface area is 178 Å². The molecule has 2 aromatic rings. The van der Waals surface area contributed by atoms with Crippen LogP contribution in [-0.2, 0) is 11.2 Å². The maximum atomic E-state index is 5.77. The van der Waals surface area contributed by atoms with Crippen molar-refractivity contribution in [2.75, 3.05) is 45.9 Å². The zero-order valence-corrected chi connectivity index (χ0v) is 17.7. The Bertz CT molecular complexity index is 733. The number of furan rings is 2. The highest BCUT2D eigenvalue weighted by Gasteiger charge is 2.24. The number of ether oxygens (including phenoxy) is 1. The third kappa shape index (κ3) is 6.12. The van der Waals surface area contributed by atoms with Crippen LogP contribution in [-0.4, -0.2) is 56.8 Å². The van der Waals surface area contributed by atoms with Crippen molar-refractivity contribution in [1.82, 2.24) is 15.5 Å². The van der Waals surface area contributed by atoms with Crippen LogP contribution >= 0.6 is 0 Å². The van der Waals surface area contributed by atoms with Crippen LogP contribution in [0, 0.1) is 5.92 Å². The minimum Gasteiger partial charge on any atom is -0.469 e. The minimum atomic E-state index is 0.179. The number of hydrogen-bond donors (Lipinski definition) is 2. The van der Waals surface area contributed by atoms with Crippen molar-refractivity contribution in [1.29, 1.82) is 0 Å². The van der Waals surface area contributed by atoms with Gasteiger partial charge in [0.1, 0.15) is 11.5 Å². The van der Waals surface area contributed by atoms with Crippen LogP contribution in [0.5, 0.6) is 0 Å². The Morgan fingerprint density at radius 2 is 1.97 bits per heavy atom. The molecule has 2 aliphatic heterocycles. The Kier molecular flexibility index (Phi) is 7.86. The van der Waals surface area contributed by atoms with Crippen LogP contribution in [0.3, 0.4) is 0 Å². The predicted molar refractivity (Wildman–Crippen MR) is 117 cm³/mol. The van der Waals surface area contributed by atoms with Crippen molar-refractivity contribution in [3.8, 4) is 0 Å². The van der Waals surface area contributed by atoms with Gasteiger partial charge in [-0.15, -0.1) is 0 Å². The highest BCUT2D eigenvalue weighted by Crippen LogP contribution is 2.25. The standard InChI is InChI=1S/C23H34N4O3/c1-2-11-27(12-3-1)21(22-7-5-14-30-22)17-26-23(25-16-19-9-15-28-18-19)24-10-8-20-6-4-13-29-20/h4-7,13-14,19,21H,1-3,8-12,15-18H2,(H2,24,25,26). The lowest BCUT2D eigenvalue weighted by Gasteiger charge is -2.32. The summed E-state index contributed by atoms with van der Waals surface area (Å²) in [7, 11) is 0. The van der Waals surface area contributed by atoms with E-state index in [0.717, 1.165) is 69.7 Å². The van der Waals surface area contributed by atoms with Crippen molar-refractivity contribution in [3.05, 3.63) is 48.3 Å². The molecule has 0 spiro atoms. The third-order valence-electron chi connectivity index (χ3n) is 5.95. The van der Waals surface area contributed by atoms with E-state index < -0.39 is 0 Å². The predicted octanol–water partition coefficient (Wildman–Crippen LogP) is 3.21. The summed E-state index contributed by atoms with van der Waals surface area (Å²) >= 11 is 0. The van der Waals surface area contributed by atoms with Crippen molar-refractivity contribution in [2.24, 2.45) is 10.9 Å². The maximum absolute atomic E-state index is 5.77. The lowest BCUT2D eigenvalue weighted by molar-refractivity contribution is 0.150. The van der Waals surface area contributed by atoms with Crippen molar-refractivity contribution < 1.29 is 13.6 Å². The lowest BCUT2D eigenvalue weighted by atomic mass is 10.1. The normalized spacial score (nSPS) is 21.6. The van der Waals surface area contributed by atoms with E-state index in [9.17, 15) is 0 Å².